The summed E-state index contributed by atoms with van der Waals surface area (Å²) < 4.78 is 13.3. The Labute approximate surface area is 91.5 Å². The van der Waals surface area contributed by atoms with Gasteiger partial charge < -0.3 is 0 Å². The third-order valence-corrected chi connectivity index (χ3v) is 3.73. The second-order valence-corrected chi connectivity index (χ2v) is 4.71. The van der Waals surface area contributed by atoms with E-state index in [4.69, 9.17) is 0 Å². The number of hydrogen-bond acceptors (Lipinski definition) is 0. The topological polar surface area (TPSA) is 0 Å². The Kier molecular flexibility index (Phi) is 3.08. The third-order valence-electron chi connectivity index (χ3n) is 3.73. The Balaban J connectivity index is 2.31. The second-order valence-electron chi connectivity index (χ2n) is 4.71. The highest BCUT2D eigenvalue weighted by molar-refractivity contribution is 5.36. The molecule has 1 heteroatoms. The van der Waals surface area contributed by atoms with E-state index in [2.05, 4.69) is 6.92 Å². The minimum atomic E-state index is -0.0683. The molecule has 0 aromatic heterocycles. The summed E-state index contributed by atoms with van der Waals surface area (Å²) in [5.74, 6) is 0.765. The van der Waals surface area contributed by atoms with Crippen LogP contribution in [0.1, 0.15) is 42.9 Å². The quantitative estimate of drug-likeness (QED) is 0.608. The summed E-state index contributed by atoms with van der Waals surface area (Å²) in [5.41, 5.74) is 3.80. The van der Waals surface area contributed by atoms with Gasteiger partial charge in [0.25, 0.3) is 0 Å². The molecule has 1 aromatic rings. The summed E-state index contributed by atoms with van der Waals surface area (Å²) in [6, 6.07) is 3.41. The van der Waals surface area contributed by atoms with Gasteiger partial charge in [0.15, 0.2) is 0 Å². The van der Waals surface area contributed by atoms with Crippen LogP contribution in [0.15, 0.2) is 12.1 Å². The molecule has 0 bridgehead atoms. The van der Waals surface area contributed by atoms with Crippen LogP contribution >= 0.6 is 0 Å². The van der Waals surface area contributed by atoms with Crippen LogP contribution in [0.2, 0.25) is 0 Å². The summed E-state index contributed by atoms with van der Waals surface area (Å²) >= 11 is 0. The summed E-state index contributed by atoms with van der Waals surface area (Å²) in [5, 5.41) is 0. The minimum absolute atomic E-state index is 0.0683. The largest absolute Gasteiger partial charge is 0.207 e. The molecule has 0 heterocycles. The van der Waals surface area contributed by atoms with Crippen LogP contribution < -0.4 is 0 Å². The first-order chi connectivity index (χ1) is 7.20. The Bertz CT molecular complexity index is 355. The van der Waals surface area contributed by atoms with Crippen molar-refractivity contribution in [2.75, 3.05) is 0 Å². The van der Waals surface area contributed by atoms with E-state index in [1.165, 1.54) is 30.4 Å². The Morgan fingerprint density at radius 2 is 2.00 bits per heavy atom. The molecule has 2 rings (SSSR count). The maximum absolute atomic E-state index is 13.3. The Morgan fingerprint density at radius 3 is 2.73 bits per heavy atom. The van der Waals surface area contributed by atoms with Gasteiger partial charge in [-0.1, -0.05) is 13.3 Å². The van der Waals surface area contributed by atoms with Crippen LogP contribution in [0.25, 0.3) is 0 Å². The second kappa shape index (κ2) is 4.34. The summed E-state index contributed by atoms with van der Waals surface area (Å²) in [4.78, 5) is 0. The van der Waals surface area contributed by atoms with Crippen molar-refractivity contribution < 1.29 is 4.39 Å². The fourth-order valence-electron chi connectivity index (χ4n) is 2.68. The molecule has 0 spiro atoms. The zero-order valence-electron chi connectivity index (χ0n) is 9.65. The third kappa shape index (κ3) is 2.22. The lowest BCUT2D eigenvalue weighted by Gasteiger charge is -2.09. The van der Waals surface area contributed by atoms with Gasteiger partial charge in [0.2, 0.25) is 0 Å². The first-order valence-electron chi connectivity index (χ1n) is 5.98. The van der Waals surface area contributed by atoms with E-state index < -0.39 is 0 Å². The Hall–Kier alpha value is -0.850. The lowest BCUT2D eigenvalue weighted by Crippen LogP contribution is -1.98. The molecule has 15 heavy (non-hydrogen) atoms. The molecule has 0 amide bonds. The number of halogens is 1. The molecule has 0 fully saturated rings. The Morgan fingerprint density at radius 1 is 1.27 bits per heavy atom. The molecular formula is C14H19F. The number of fused-ring (bicyclic) bond motifs is 1. The molecule has 0 nitrogen and oxygen atoms in total. The van der Waals surface area contributed by atoms with Gasteiger partial charge in [0, 0.05) is 0 Å². The molecule has 0 aliphatic heterocycles. The molecule has 0 saturated carbocycles. The molecular weight excluding hydrogens is 187 g/mol. The fraction of sp³-hybridized carbons (Fsp3) is 0.571. The van der Waals surface area contributed by atoms with Crippen molar-refractivity contribution in [2.45, 2.75) is 46.0 Å². The zero-order chi connectivity index (χ0) is 10.8. The van der Waals surface area contributed by atoms with Gasteiger partial charge in [-0.3, -0.25) is 0 Å². The number of rotatable bonds is 1. The molecule has 1 atom stereocenters. The number of hydrogen-bond donors (Lipinski definition) is 0. The normalized spacial score (nSPS) is 20.9. The average molecular weight is 206 g/mol. The summed E-state index contributed by atoms with van der Waals surface area (Å²) in [7, 11) is 0. The molecule has 1 aliphatic rings. The number of aryl methyl sites for hydroxylation is 2. The van der Waals surface area contributed by atoms with E-state index in [1.807, 2.05) is 6.92 Å². The van der Waals surface area contributed by atoms with Gasteiger partial charge in [0.05, 0.1) is 0 Å². The van der Waals surface area contributed by atoms with Gasteiger partial charge in [-0.25, -0.2) is 4.39 Å². The van der Waals surface area contributed by atoms with Crippen LogP contribution in [0.3, 0.4) is 0 Å². The molecule has 0 radical (unpaired) electrons. The highest BCUT2D eigenvalue weighted by Crippen LogP contribution is 2.28. The monoisotopic (exact) mass is 206 g/mol. The fourth-order valence-corrected chi connectivity index (χ4v) is 2.68. The summed E-state index contributed by atoms with van der Waals surface area (Å²) in [6.45, 7) is 4.29. The lowest BCUT2D eigenvalue weighted by atomic mass is 9.96. The van der Waals surface area contributed by atoms with Crippen molar-refractivity contribution >= 4 is 0 Å². The van der Waals surface area contributed by atoms with Crippen LogP contribution in [0.4, 0.5) is 4.39 Å². The molecule has 0 saturated heterocycles. The van der Waals surface area contributed by atoms with Crippen molar-refractivity contribution in [3.8, 4) is 0 Å². The van der Waals surface area contributed by atoms with Gasteiger partial charge in [0.1, 0.15) is 5.82 Å². The van der Waals surface area contributed by atoms with Gasteiger partial charge >= 0.3 is 0 Å². The predicted molar refractivity (Wildman–Crippen MR) is 61.6 cm³/mol. The van der Waals surface area contributed by atoms with Crippen LogP contribution in [0, 0.1) is 18.7 Å². The molecule has 1 aliphatic carbocycles. The van der Waals surface area contributed by atoms with Crippen molar-refractivity contribution in [2.24, 2.45) is 5.92 Å². The minimum Gasteiger partial charge on any atom is -0.207 e. The molecule has 82 valence electrons. The van der Waals surface area contributed by atoms with E-state index in [0.717, 1.165) is 24.3 Å². The van der Waals surface area contributed by atoms with Crippen molar-refractivity contribution in [1.82, 2.24) is 0 Å². The molecule has 1 aromatic carbocycles. The van der Waals surface area contributed by atoms with Crippen molar-refractivity contribution in [3.63, 3.8) is 0 Å². The van der Waals surface area contributed by atoms with Crippen LogP contribution in [-0.2, 0) is 12.8 Å². The smallest absolute Gasteiger partial charge is 0.123 e. The van der Waals surface area contributed by atoms with Gasteiger partial charge in [-0.15, -0.1) is 0 Å². The highest BCUT2D eigenvalue weighted by atomic mass is 19.1. The average Bonchev–Trinajstić information content (AvgIpc) is 2.40. The standard InChI is InChI=1S/C14H19F/c1-3-11-4-6-12-9-13(15)8-10(2)14(12)7-5-11/h8-9,11H,3-7H2,1-2H3. The summed E-state index contributed by atoms with van der Waals surface area (Å²) in [6.07, 6.45) is 5.96. The molecule has 0 N–H and O–H groups in total. The zero-order valence-corrected chi connectivity index (χ0v) is 9.65. The van der Waals surface area contributed by atoms with Gasteiger partial charge in [-0.2, -0.15) is 0 Å². The molecule has 1 unspecified atom stereocenters. The first-order valence-corrected chi connectivity index (χ1v) is 5.98. The van der Waals surface area contributed by atoms with E-state index in [-0.39, 0.29) is 5.82 Å². The van der Waals surface area contributed by atoms with Crippen LogP contribution in [-0.4, -0.2) is 0 Å². The van der Waals surface area contributed by atoms with Crippen molar-refractivity contribution in [1.29, 1.82) is 0 Å². The van der Waals surface area contributed by atoms with E-state index in [9.17, 15) is 4.39 Å². The van der Waals surface area contributed by atoms with E-state index >= 15 is 0 Å². The first kappa shape index (κ1) is 10.7. The predicted octanol–water partition coefficient (Wildman–Crippen LogP) is 4.04. The number of benzene rings is 1. The van der Waals surface area contributed by atoms with Crippen molar-refractivity contribution in [3.05, 3.63) is 34.6 Å². The SMILES string of the molecule is CCC1CCc2cc(F)cc(C)c2CC1. The maximum Gasteiger partial charge on any atom is 0.123 e. The van der Waals surface area contributed by atoms with Gasteiger partial charge in [-0.05, 0) is 67.3 Å². The van der Waals surface area contributed by atoms with E-state index in [1.54, 1.807) is 12.1 Å². The lowest BCUT2D eigenvalue weighted by molar-refractivity contribution is 0.450. The highest BCUT2D eigenvalue weighted by Gasteiger charge is 2.16. The van der Waals surface area contributed by atoms with Crippen LogP contribution in [0.5, 0.6) is 0 Å². The van der Waals surface area contributed by atoms with E-state index in [0.29, 0.717) is 0 Å². The maximum atomic E-state index is 13.3.